The summed E-state index contributed by atoms with van der Waals surface area (Å²) in [5.41, 5.74) is 0. The topological polar surface area (TPSA) is 99.2 Å². The van der Waals surface area contributed by atoms with Crippen LogP contribution in [0.3, 0.4) is 0 Å². The first kappa shape index (κ1) is 34.6. The molecule has 0 spiro atoms. The van der Waals surface area contributed by atoms with Crippen molar-refractivity contribution in [3.05, 3.63) is 0 Å². The first-order valence-electron chi connectivity index (χ1n) is 13.4. The fourth-order valence-corrected chi connectivity index (χ4v) is 4.83. The predicted molar refractivity (Wildman–Crippen MR) is 144 cm³/mol. The van der Waals surface area contributed by atoms with Crippen molar-refractivity contribution < 1.29 is 33.4 Å². The van der Waals surface area contributed by atoms with E-state index in [4.69, 9.17) is 14.2 Å². The Bertz CT molecular complexity index is 601. The van der Waals surface area contributed by atoms with Crippen molar-refractivity contribution in [2.45, 2.75) is 108 Å². The molecular weight excluding hydrogens is 482 g/mol. The van der Waals surface area contributed by atoms with Crippen LogP contribution in [0.5, 0.6) is 0 Å². The minimum Gasteiger partial charge on any atom is -0.462 e. The predicted octanol–water partition coefficient (Wildman–Crippen LogP) is 4.96. The molecule has 0 fully saturated rings. The van der Waals surface area contributed by atoms with Crippen molar-refractivity contribution in [2.75, 3.05) is 41.0 Å². The smallest absolute Gasteiger partial charge is 0.306 e. The van der Waals surface area contributed by atoms with Gasteiger partial charge in [-0.1, -0.05) is 44.4 Å². The van der Waals surface area contributed by atoms with E-state index >= 15 is 0 Å². The van der Waals surface area contributed by atoms with Gasteiger partial charge in [0.2, 0.25) is 0 Å². The number of thioether (sulfide) groups is 1. The van der Waals surface area contributed by atoms with Crippen LogP contribution in [0.1, 0.15) is 96.8 Å². The molecule has 0 aliphatic carbocycles. The van der Waals surface area contributed by atoms with Crippen molar-refractivity contribution in [3.8, 4) is 0 Å². The number of hydrogen-bond donors (Lipinski definition) is 0. The summed E-state index contributed by atoms with van der Waals surface area (Å²) in [6, 6.07) is 0. The molecule has 0 saturated heterocycles. The van der Waals surface area contributed by atoms with Gasteiger partial charge >= 0.3 is 11.9 Å². The van der Waals surface area contributed by atoms with Crippen LogP contribution in [-0.4, -0.2) is 80.6 Å². The third kappa shape index (κ3) is 21.8. The van der Waals surface area contributed by atoms with Gasteiger partial charge < -0.3 is 23.9 Å². The molecule has 0 radical (unpaired) electrons. The van der Waals surface area contributed by atoms with Gasteiger partial charge in [0.05, 0.1) is 6.61 Å². The van der Waals surface area contributed by atoms with Gasteiger partial charge in [-0.3, -0.25) is 14.4 Å². The van der Waals surface area contributed by atoms with Crippen LogP contribution in [0.15, 0.2) is 0 Å². The van der Waals surface area contributed by atoms with E-state index in [-0.39, 0.29) is 41.9 Å². The number of rotatable bonds is 24. The molecule has 0 aromatic heterocycles. The van der Waals surface area contributed by atoms with Crippen molar-refractivity contribution in [1.29, 1.82) is 0 Å². The second kappa shape index (κ2) is 23.9. The fourth-order valence-electron chi connectivity index (χ4n) is 3.63. The molecule has 0 aromatic rings. The van der Waals surface area contributed by atoms with E-state index in [0.29, 0.717) is 32.1 Å². The maximum atomic E-state index is 12.4. The van der Waals surface area contributed by atoms with Gasteiger partial charge in [0.15, 0.2) is 11.2 Å². The van der Waals surface area contributed by atoms with E-state index in [1.165, 1.54) is 25.3 Å². The summed E-state index contributed by atoms with van der Waals surface area (Å²) in [4.78, 5) is 49.4. The molecule has 210 valence electrons. The Kier molecular flexibility index (Phi) is 23.0. The number of carbonyl (C=O) groups is 4. The zero-order chi connectivity index (χ0) is 27.0. The second-order valence-corrected chi connectivity index (χ2v) is 10.8. The first-order valence-corrected chi connectivity index (χ1v) is 14.3. The van der Waals surface area contributed by atoms with Gasteiger partial charge in [0, 0.05) is 38.0 Å². The molecule has 0 heterocycles. The number of methoxy groups -OCH3 is 1. The zero-order valence-corrected chi connectivity index (χ0v) is 23.8. The minimum atomic E-state index is -0.637. The van der Waals surface area contributed by atoms with E-state index in [1.54, 1.807) is 0 Å². The third-order valence-corrected chi connectivity index (χ3v) is 6.88. The van der Waals surface area contributed by atoms with Gasteiger partial charge in [-0.25, -0.2) is 0 Å². The molecule has 0 aliphatic rings. The number of carbonyl (C=O) groups excluding carboxylic acids is 4. The number of hydrogen-bond acceptors (Lipinski definition) is 9. The second-order valence-electron chi connectivity index (χ2n) is 9.42. The molecule has 0 bridgehead atoms. The SMILES string of the molecule is CCCCCCCC(=O)OCC(COC)OC(=O)CCCC(CCCC=O)SC(=O)CCCN(C)C. The lowest BCUT2D eigenvalue weighted by atomic mass is 10.1. The molecule has 0 amide bonds. The quantitative estimate of drug-likeness (QED) is 0.0972. The summed E-state index contributed by atoms with van der Waals surface area (Å²) < 4.78 is 15.9. The Morgan fingerprint density at radius 2 is 1.56 bits per heavy atom. The average molecular weight is 532 g/mol. The summed E-state index contributed by atoms with van der Waals surface area (Å²) in [6.45, 7) is 3.15. The van der Waals surface area contributed by atoms with Crippen molar-refractivity contribution in [2.24, 2.45) is 0 Å². The van der Waals surface area contributed by atoms with E-state index < -0.39 is 6.10 Å². The van der Waals surface area contributed by atoms with Gasteiger partial charge in [-0.2, -0.15) is 0 Å². The monoisotopic (exact) mass is 531 g/mol. The Morgan fingerprint density at radius 3 is 2.22 bits per heavy atom. The summed E-state index contributed by atoms with van der Waals surface area (Å²) >= 11 is 1.34. The molecule has 36 heavy (non-hydrogen) atoms. The maximum Gasteiger partial charge on any atom is 0.306 e. The molecule has 0 rings (SSSR count). The van der Waals surface area contributed by atoms with Crippen LogP contribution in [0.2, 0.25) is 0 Å². The highest BCUT2D eigenvalue weighted by atomic mass is 32.2. The Morgan fingerprint density at radius 1 is 0.861 bits per heavy atom. The Labute approximate surface area is 222 Å². The third-order valence-electron chi connectivity index (χ3n) is 5.60. The van der Waals surface area contributed by atoms with Crippen LogP contribution in [-0.2, 0) is 33.4 Å². The molecule has 8 nitrogen and oxygen atoms in total. The van der Waals surface area contributed by atoms with E-state index in [0.717, 1.165) is 57.8 Å². The van der Waals surface area contributed by atoms with Gasteiger partial charge in [0.1, 0.15) is 12.9 Å². The number of unbranched alkanes of at least 4 members (excludes halogenated alkanes) is 5. The lowest BCUT2D eigenvalue weighted by molar-refractivity contribution is -0.162. The Balaban J connectivity index is 4.41. The highest BCUT2D eigenvalue weighted by Crippen LogP contribution is 2.25. The van der Waals surface area contributed by atoms with Crippen molar-refractivity contribution in [3.63, 3.8) is 0 Å². The first-order chi connectivity index (χ1) is 17.3. The van der Waals surface area contributed by atoms with Crippen LogP contribution in [0.25, 0.3) is 0 Å². The Hall–Kier alpha value is -1.45. The van der Waals surface area contributed by atoms with Crippen molar-refractivity contribution >= 4 is 35.1 Å². The van der Waals surface area contributed by atoms with Crippen molar-refractivity contribution in [1.82, 2.24) is 4.90 Å². The summed E-state index contributed by atoms with van der Waals surface area (Å²) in [5.74, 6) is -0.657. The number of esters is 2. The van der Waals surface area contributed by atoms with Crippen LogP contribution in [0, 0.1) is 0 Å². The van der Waals surface area contributed by atoms with Gasteiger partial charge in [0.25, 0.3) is 0 Å². The lowest BCUT2D eigenvalue weighted by Crippen LogP contribution is -2.29. The fraction of sp³-hybridized carbons (Fsp3) is 0.852. The van der Waals surface area contributed by atoms with Crippen LogP contribution >= 0.6 is 11.8 Å². The minimum absolute atomic E-state index is 0.0149. The molecule has 0 N–H and O–H groups in total. The molecule has 9 heteroatoms. The van der Waals surface area contributed by atoms with Gasteiger partial charge in [-0.15, -0.1) is 0 Å². The normalized spacial score (nSPS) is 12.8. The number of nitrogens with zero attached hydrogens (tertiary/aromatic N) is 1. The molecule has 0 aliphatic heterocycles. The molecule has 0 saturated carbocycles. The summed E-state index contributed by atoms with van der Waals surface area (Å²) in [7, 11) is 5.47. The zero-order valence-electron chi connectivity index (χ0n) is 23.0. The highest BCUT2D eigenvalue weighted by Gasteiger charge is 2.19. The molecule has 2 atom stereocenters. The average Bonchev–Trinajstić information content (AvgIpc) is 2.82. The molecular formula is C27H49NO7S. The van der Waals surface area contributed by atoms with E-state index in [1.807, 2.05) is 14.1 Å². The number of aldehydes is 1. The van der Waals surface area contributed by atoms with Gasteiger partial charge in [-0.05, 0) is 59.2 Å². The standard InChI is InChI=1S/C27H49NO7S/c1-5-6-7-8-9-16-25(30)34-22-23(21-33-4)35-26(31)17-12-15-24(14-10-11-20-29)36-27(32)18-13-19-28(2)3/h20,23-24H,5-19,21-22H2,1-4H3. The molecule has 0 aromatic carbocycles. The largest absolute Gasteiger partial charge is 0.462 e. The van der Waals surface area contributed by atoms with Crippen LogP contribution in [0.4, 0.5) is 0 Å². The summed E-state index contributed by atoms with van der Waals surface area (Å²) in [6.07, 6.45) is 10.7. The summed E-state index contributed by atoms with van der Waals surface area (Å²) in [5, 5.41) is 0.237. The van der Waals surface area contributed by atoms with E-state index in [2.05, 4.69) is 11.8 Å². The number of ether oxygens (including phenoxy) is 3. The maximum absolute atomic E-state index is 12.4. The highest BCUT2D eigenvalue weighted by molar-refractivity contribution is 8.14. The van der Waals surface area contributed by atoms with E-state index in [9.17, 15) is 19.2 Å². The molecule has 2 unspecified atom stereocenters. The lowest BCUT2D eigenvalue weighted by Gasteiger charge is -2.18. The van der Waals surface area contributed by atoms with Crippen LogP contribution < -0.4 is 0 Å².